The maximum Gasteiger partial charge on any atom is 0.255 e. The zero-order chi connectivity index (χ0) is 11.5. The van der Waals surface area contributed by atoms with E-state index in [0.29, 0.717) is 17.6 Å². The summed E-state index contributed by atoms with van der Waals surface area (Å²) in [6.07, 6.45) is 2.13. The smallest absolute Gasteiger partial charge is 0.255 e. The predicted octanol–water partition coefficient (Wildman–Crippen LogP) is 0.551. The van der Waals surface area contributed by atoms with Gasteiger partial charge in [0, 0.05) is 17.3 Å². The molecule has 16 heavy (non-hydrogen) atoms. The Labute approximate surface area is 94.7 Å². The van der Waals surface area contributed by atoms with E-state index < -0.39 is 0 Å². The molecule has 0 saturated carbocycles. The highest BCUT2D eigenvalue weighted by Gasteiger charge is 2.14. The van der Waals surface area contributed by atoms with Crippen LogP contribution < -0.4 is 16.2 Å². The molecule has 2 rings (SSSR count). The fourth-order valence-electron chi connectivity index (χ4n) is 1.87. The van der Waals surface area contributed by atoms with E-state index in [1.165, 1.54) is 0 Å². The number of hydrogen-bond donors (Lipinski definition) is 3. The number of anilines is 1. The molecular weight excluding hydrogens is 204 g/mol. The van der Waals surface area contributed by atoms with E-state index >= 15 is 0 Å². The van der Waals surface area contributed by atoms with Crippen molar-refractivity contribution in [3.8, 4) is 0 Å². The number of nitrogens with zero attached hydrogens (tertiary/aromatic N) is 1. The van der Waals surface area contributed by atoms with Crippen molar-refractivity contribution in [2.24, 2.45) is 0 Å². The monoisotopic (exact) mass is 222 g/mol. The number of rotatable bonds is 2. The van der Waals surface area contributed by atoms with Gasteiger partial charge in [0.2, 0.25) is 5.95 Å². The minimum atomic E-state index is -0.0519. The lowest BCUT2D eigenvalue weighted by molar-refractivity contribution is 0.477. The summed E-state index contributed by atoms with van der Waals surface area (Å²) in [6, 6.07) is 0.409. The number of hydrogen-bond acceptors (Lipinski definition) is 4. The van der Waals surface area contributed by atoms with Gasteiger partial charge in [-0.1, -0.05) is 0 Å². The lowest BCUT2D eigenvalue weighted by atomic mass is 10.1. The van der Waals surface area contributed by atoms with E-state index in [9.17, 15) is 4.79 Å². The highest BCUT2D eigenvalue weighted by molar-refractivity contribution is 5.29. The topological polar surface area (TPSA) is 69.8 Å². The van der Waals surface area contributed by atoms with E-state index in [0.717, 1.165) is 31.6 Å². The van der Waals surface area contributed by atoms with Crippen molar-refractivity contribution in [1.82, 2.24) is 15.3 Å². The van der Waals surface area contributed by atoms with Crippen molar-refractivity contribution >= 4 is 5.95 Å². The van der Waals surface area contributed by atoms with Crippen molar-refractivity contribution < 1.29 is 0 Å². The molecule has 2 heterocycles. The highest BCUT2D eigenvalue weighted by atomic mass is 16.1. The molecule has 1 aromatic heterocycles. The molecule has 3 N–H and O–H groups in total. The number of nitrogens with one attached hydrogen (secondary N) is 3. The zero-order valence-electron chi connectivity index (χ0n) is 9.76. The molecule has 1 aromatic rings. The SMILES string of the molecule is Cc1nc(NC2CCNCC2)[nH]c(=O)c1C. The Morgan fingerprint density at radius 3 is 2.62 bits per heavy atom. The van der Waals surface area contributed by atoms with Crippen molar-refractivity contribution in [3.63, 3.8) is 0 Å². The first-order valence-corrected chi connectivity index (χ1v) is 5.71. The molecule has 0 spiro atoms. The summed E-state index contributed by atoms with van der Waals surface area (Å²) in [5.74, 6) is 0.597. The third-order valence-electron chi connectivity index (χ3n) is 3.07. The normalized spacial score (nSPS) is 17.4. The lowest BCUT2D eigenvalue weighted by Crippen LogP contribution is -2.36. The van der Waals surface area contributed by atoms with Gasteiger partial charge in [0.15, 0.2) is 0 Å². The standard InChI is InChI=1S/C11H18N4O/c1-7-8(2)13-11(15-10(7)16)14-9-3-5-12-6-4-9/h9,12H,3-6H2,1-2H3,(H2,13,14,15,16). The van der Waals surface area contributed by atoms with E-state index in [1.54, 1.807) is 6.92 Å². The second-order valence-electron chi connectivity index (χ2n) is 4.29. The molecule has 1 aliphatic rings. The quantitative estimate of drug-likeness (QED) is 0.683. The molecule has 0 unspecified atom stereocenters. The summed E-state index contributed by atoms with van der Waals surface area (Å²) >= 11 is 0. The molecule has 5 heteroatoms. The van der Waals surface area contributed by atoms with Crippen LogP contribution in [0.3, 0.4) is 0 Å². The van der Waals surface area contributed by atoms with Crippen LogP contribution in [0.5, 0.6) is 0 Å². The van der Waals surface area contributed by atoms with Crippen LogP contribution in [0.25, 0.3) is 0 Å². The summed E-state index contributed by atoms with van der Waals surface area (Å²) in [5.41, 5.74) is 1.43. The summed E-state index contributed by atoms with van der Waals surface area (Å²) in [5, 5.41) is 6.58. The van der Waals surface area contributed by atoms with Crippen molar-refractivity contribution in [3.05, 3.63) is 21.6 Å². The minimum Gasteiger partial charge on any atom is -0.353 e. The Balaban J connectivity index is 2.12. The number of H-pyrrole nitrogens is 1. The molecule has 0 radical (unpaired) electrons. The van der Waals surface area contributed by atoms with Gasteiger partial charge in [-0.05, 0) is 39.8 Å². The first-order valence-electron chi connectivity index (χ1n) is 5.71. The molecule has 0 bridgehead atoms. The predicted molar refractivity (Wildman–Crippen MR) is 63.8 cm³/mol. The summed E-state index contributed by atoms with van der Waals surface area (Å²) in [4.78, 5) is 18.7. The van der Waals surface area contributed by atoms with Gasteiger partial charge in [0.05, 0.1) is 0 Å². The molecule has 88 valence electrons. The van der Waals surface area contributed by atoms with Crippen LogP contribution >= 0.6 is 0 Å². The molecule has 5 nitrogen and oxygen atoms in total. The lowest BCUT2D eigenvalue weighted by Gasteiger charge is -2.23. The fourth-order valence-corrected chi connectivity index (χ4v) is 1.87. The average molecular weight is 222 g/mol. The van der Waals surface area contributed by atoms with Gasteiger partial charge in [-0.2, -0.15) is 0 Å². The zero-order valence-corrected chi connectivity index (χ0v) is 9.76. The van der Waals surface area contributed by atoms with Gasteiger partial charge < -0.3 is 10.6 Å². The molecule has 1 fully saturated rings. The number of aromatic nitrogens is 2. The molecule has 1 aliphatic heterocycles. The van der Waals surface area contributed by atoms with Gasteiger partial charge in [-0.3, -0.25) is 9.78 Å². The molecule has 0 amide bonds. The maximum absolute atomic E-state index is 11.6. The van der Waals surface area contributed by atoms with Crippen molar-refractivity contribution in [2.75, 3.05) is 18.4 Å². The Bertz CT molecular complexity index is 420. The van der Waals surface area contributed by atoms with E-state index in [-0.39, 0.29) is 5.56 Å². The number of aryl methyl sites for hydroxylation is 1. The molecular formula is C11H18N4O. The summed E-state index contributed by atoms with van der Waals surface area (Å²) < 4.78 is 0. The Hall–Kier alpha value is -1.36. The number of aromatic amines is 1. The van der Waals surface area contributed by atoms with Gasteiger partial charge in [0.1, 0.15) is 0 Å². The Morgan fingerprint density at radius 2 is 2.00 bits per heavy atom. The Morgan fingerprint density at radius 1 is 1.31 bits per heavy atom. The first kappa shape index (κ1) is 11.1. The van der Waals surface area contributed by atoms with E-state index in [2.05, 4.69) is 20.6 Å². The average Bonchev–Trinajstić information content (AvgIpc) is 2.27. The molecule has 0 atom stereocenters. The number of piperidine rings is 1. The first-order chi connectivity index (χ1) is 7.66. The van der Waals surface area contributed by atoms with Crippen LogP contribution in [0.1, 0.15) is 24.1 Å². The van der Waals surface area contributed by atoms with E-state index in [4.69, 9.17) is 0 Å². The Kier molecular flexibility index (Phi) is 3.24. The van der Waals surface area contributed by atoms with Gasteiger partial charge in [-0.15, -0.1) is 0 Å². The summed E-state index contributed by atoms with van der Waals surface area (Å²) in [7, 11) is 0. The van der Waals surface area contributed by atoms with E-state index in [1.807, 2.05) is 6.92 Å². The van der Waals surface area contributed by atoms with Gasteiger partial charge in [0.25, 0.3) is 5.56 Å². The minimum absolute atomic E-state index is 0.0519. The molecule has 1 saturated heterocycles. The maximum atomic E-state index is 11.6. The van der Waals surface area contributed by atoms with Crippen LogP contribution in [0.2, 0.25) is 0 Å². The van der Waals surface area contributed by atoms with Crippen molar-refractivity contribution in [1.29, 1.82) is 0 Å². The van der Waals surface area contributed by atoms with Gasteiger partial charge in [-0.25, -0.2) is 4.98 Å². The largest absolute Gasteiger partial charge is 0.353 e. The molecule has 0 aromatic carbocycles. The van der Waals surface area contributed by atoms with Crippen LogP contribution in [-0.2, 0) is 0 Å². The van der Waals surface area contributed by atoms with Crippen LogP contribution in [-0.4, -0.2) is 29.1 Å². The summed E-state index contributed by atoms with van der Waals surface area (Å²) in [6.45, 7) is 5.69. The highest BCUT2D eigenvalue weighted by Crippen LogP contribution is 2.09. The van der Waals surface area contributed by atoms with Crippen LogP contribution in [0.4, 0.5) is 5.95 Å². The second-order valence-corrected chi connectivity index (χ2v) is 4.29. The van der Waals surface area contributed by atoms with Crippen LogP contribution in [0, 0.1) is 13.8 Å². The second kappa shape index (κ2) is 4.65. The van der Waals surface area contributed by atoms with Crippen molar-refractivity contribution in [2.45, 2.75) is 32.7 Å². The third-order valence-corrected chi connectivity index (χ3v) is 3.07. The van der Waals surface area contributed by atoms with Gasteiger partial charge >= 0.3 is 0 Å². The third kappa shape index (κ3) is 2.41. The van der Waals surface area contributed by atoms with Crippen LogP contribution in [0.15, 0.2) is 4.79 Å². The fraction of sp³-hybridized carbons (Fsp3) is 0.636. The molecule has 0 aliphatic carbocycles.